The molecule has 2 fully saturated rings. The molecule has 2 saturated heterocycles. The minimum Gasteiger partial charge on any atom is -0.504 e. The van der Waals surface area contributed by atoms with Gasteiger partial charge in [-0.25, -0.2) is 18.6 Å². The van der Waals surface area contributed by atoms with Gasteiger partial charge in [0.2, 0.25) is 0 Å². The van der Waals surface area contributed by atoms with Crippen LogP contribution in [-0.2, 0) is 4.74 Å². The van der Waals surface area contributed by atoms with Crippen molar-refractivity contribution < 1.29 is 38.1 Å². The molecule has 41 heavy (non-hydrogen) atoms. The number of anilines is 1. The van der Waals surface area contributed by atoms with Crippen LogP contribution < -0.4 is 9.64 Å². The zero-order valence-electron chi connectivity index (χ0n) is 23.5. The molecule has 0 radical (unpaired) electrons. The third-order valence-electron chi connectivity index (χ3n) is 7.53. The first-order chi connectivity index (χ1) is 19.1. The van der Waals surface area contributed by atoms with Gasteiger partial charge in [0.25, 0.3) is 5.91 Å². The molecule has 2 amide bonds. The summed E-state index contributed by atoms with van der Waals surface area (Å²) in [5, 5.41) is 20.7. The molecule has 2 atom stereocenters. The summed E-state index contributed by atoms with van der Waals surface area (Å²) in [7, 11) is 0. The highest BCUT2D eigenvalue weighted by Gasteiger charge is 2.45. The van der Waals surface area contributed by atoms with E-state index in [0.29, 0.717) is 6.42 Å². The van der Waals surface area contributed by atoms with Crippen molar-refractivity contribution in [1.29, 1.82) is 0 Å². The molecule has 0 aliphatic carbocycles. The summed E-state index contributed by atoms with van der Waals surface area (Å²) in [4.78, 5) is 36.3. The number of nitrogens with zero attached hydrogens (tertiary/aromatic N) is 4. The Labute approximate surface area is 241 Å². The van der Waals surface area contributed by atoms with E-state index < -0.39 is 58.2 Å². The summed E-state index contributed by atoms with van der Waals surface area (Å²) in [6, 6.07) is 1.05. The lowest BCUT2D eigenvalue weighted by Crippen LogP contribution is -2.58. The molecule has 10 nitrogen and oxygen atoms in total. The molecule has 2 unspecified atom stereocenters. The Bertz CT molecular complexity index is 1420. The number of aromatic hydroxyl groups is 1. The van der Waals surface area contributed by atoms with Crippen LogP contribution in [0.25, 0.3) is 11.3 Å². The van der Waals surface area contributed by atoms with Gasteiger partial charge in [0.15, 0.2) is 17.3 Å². The Morgan fingerprint density at radius 2 is 1.85 bits per heavy atom. The van der Waals surface area contributed by atoms with Crippen molar-refractivity contribution in [3.8, 4) is 22.8 Å². The van der Waals surface area contributed by atoms with Crippen LogP contribution in [-0.4, -0.2) is 93.1 Å². The number of phenolic OH excluding ortho intramolecular Hbond substituents is 1. The van der Waals surface area contributed by atoms with Crippen molar-refractivity contribution in [3.05, 3.63) is 34.4 Å². The van der Waals surface area contributed by atoms with Crippen LogP contribution in [0.5, 0.6) is 11.5 Å². The maximum atomic E-state index is 15.0. The molecule has 4 heterocycles. The zero-order valence-corrected chi connectivity index (χ0v) is 24.3. The number of piperazine rings is 1. The van der Waals surface area contributed by atoms with E-state index in [-0.39, 0.29) is 60.6 Å². The highest BCUT2D eigenvalue weighted by atomic mass is 35.5. The Balaban J connectivity index is 1.63. The van der Waals surface area contributed by atoms with Gasteiger partial charge >= 0.3 is 6.09 Å². The number of carbonyl (C=O) groups excluding carboxylic acids is 2. The smallest absolute Gasteiger partial charge is 0.410 e. The van der Waals surface area contributed by atoms with Gasteiger partial charge < -0.3 is 34.4 Å². The maximum Gasteiger partial charge on any atom is 0.410 e. The number of halogens is 3. The second-order valence-electron chi connectivity index (χ2n) is 12.2. The third-order valence-corrected chi connectivity index (χ3v) is 7.88. The largest absolute Gasteiger partial charge is 0.504 e. The number of pyridine rings is 1. The molecule has 1 aromatic heterocycles. The molecule has 222 valence electrons. The lowest BCUT2D eigenvalue weighted by atomic mass is 10.00. The lowest BCUT2D eigenvalue weighted by Gasteiger charge is -2.40. The first-order valence-electron chi connectivity index (χ1n) is 13.4. The summed E-state index contributed by atoms with van der Waals surface area (Å²) < 4.78 is 41.0. The number of β-amino-alcohol motifs (C(OH)–C–C–N with tert-alkyl or cyclic N) is 1. The van der Waals surface area contributed by atoms with Gasteiger partial charge in [-0.05, 0) is 53.2 Å². The SMILES string of the molecule is CC(C)(C)OC(=O)N1CCN2C(=O)c3c(N4CC(O)CC4(C)C)nc(-c4c(F)ccc(F)c4O)c(Cl)c3OCC2C1. The number of rotatable bonds is 2. The quantitative estimate of drug-likeness (QED) is 0.532. The number of carbonyl (C=O) groups is 2. The van der Waals surface area contributed by atoms with Crippen molar-refractivity contribution in [1.82, 2.24) is 14.8 Å². The predicted molar refractivity (Wildman–Crippen MR) is 146 cm³/mol. The summed E-state index contributed by atoms with van der Waals surface area (Å²) >= 11 is 6.71. The van der Waals surface area contributed by atoms with Crippen molar-refractivity contribution in [2.24, 2.45) is 0 Å². The molecular formula is C28H33ClF2N4O6. The van der Waals surface area contributed by atoms with Crippen LogP contribution >= 0.6 is 11.6 Å². The molecular weight excluding hydrogens is 562 g/mol. The number of amides is 2. The van der Waals surface area contributed by atoms with E-state index in [1.165, 1.54) is 4.90 Å². The summed E-state index contributed by atoms with van der Waals surface area (Å²) in [5.41, 5.74) is -2.27. The van der Waals surface area contributed by atoms with Crippen molar-refractivity contribution in [2.45, 2.75) is 64.3 Å². The molecule has 0 bridgehead atoms. The normalized spacial score (nSPS) is 22.2. The number of fused-ring (bicyclic) bond motifs is 2. The fourth-order valence-corrected chi connectivity index (χ4v) is 5.93. The van der Waals surface area contributed by atoms with Gasteiger partial charge in [-0.15, -0.1) is 0 Å². The topological polar surface area (TPSA) is 116 Å². The second-order valence-corrected chi connectivity index (χ2v) is 12.6. The molecule has 5 rings (SSSR count). The fourth-order valence-electron chi connectivity index (χ4n) is 5.65. The Hall–Kier alpha value is -3.38. The number of ether oxygens (including phenoxy) is 2. The zero-order chi connectivity index (χ0) is 30.0. The number of hydrogen-bond donors (Lipinski definition) is 2. The Kier molecular flexibility index (Phi) is 7.22. The van der Waals surface area contributed by atoms with E-state index in [2.05, 4.69) is 4.98 Å². The first-order valence-corrected chi connectivity index (χ1v) is 13.7. The van der Waals surface area contributed by atoms with Crippen LogP contribution in [0.2, 0.25) is 5.02 Å². The minimum atomic E-state index is -1.08. The lowest BCUT2D eigenvalue weighted by molar-refractivity contribution is 0.000952. The average Bonchev–Trinajstić information content (AvgIpc) is 3.06. The van der Waals surface area contributed by atoms with Crippen molar-refractivity contribution in [2.75, 3.05) is 37.7 Å². The third kappa shape index (κ3) is 5.23. The molecule has 0 spiro atoms. The van der Waals surface area contributed by atoms with Gasteiger partial charge in [0.05, 0.1) is 17.7 Å². The van der Waals surface area contributed by atoms with E-state index in [1.54, 1.807) is 30.6 Å². The van der Waals surface area contributed by atoms with Crippen LogP contribution in [0, 0.1) is 11.6 Å². The van der Waals surface area contributed by atoms with Gasteiger partial charge in [-0.1, -0.05) is 11.6 Å². The number of aliphatic hydroxyl groups is 1. The summed E-state index contributed by atoms with van der Waals surface area (Å²) in [6.45, 7) is 9.58. The van der Waals surface area contributed by atoms with Gasteiger partial charge in [0, 0.05) is 31.7 Å². The molecule has 2 aromatic rings. The number of hydrogen-bond acceptors (Lipinski definition) is 8. The molecule has 1 aromatic carbocycles. The maximum absolute atomic E-state index is 15.0. The standard InChI is InChI=1S/C28H33ClF2N4O6/c1-27(2,3)41-26(39)33-8-9-34-14(11-33)13-40-23-19(25(34)38)24(35-12-15(36)10-28(35,4)5)32-21(20(23)29)18-16(30)6-7-17(31)22(18)37/h6-7,14-15,36-37H,8-13H2,1-5H3. The van der Waals surface area contributed by atoms with Gasteiger partial charge in [0.1, 0.15) is 40.1 Å². The molecule has 3 aliphatic heterocycles. The van der Waals surface area contributed by atoms with E-state index in [9.17, 15) is 24.2 Å². The fraction of sp³-hybridized carbons (Fsp3) is 0.536. The van der Waals surface area contributed by atoms with Gasteiger partial charge in [-0.3, -0.25) is 4.79 Å². The van der Waals surface area contributed by atoms with Crippen LogP contribution in [0.1, 0.15) is 51.4 Å². The monoisotopic (exact) mass is 594 g/mol. The van der Waals surface area contributed by atoms with Gasteiger partial charge in [-0.2, -0.15) is 0 Å². The van der Waals surface area contributed by atoms with Crippen LogP contribution in [0.4, 0.5) is 19.4 Å². The average molecular weight is 595 g/mol. The minimum absolute atomic E-state index is 0.00504. The summed E-state index contributed by atoms with van der Waals surface area (Å²) in [6.07, 6.45) is -0.903. The first kappa shape index (κ1) is 29.1. The molecule has 3 aliphatic rings. The number of benzene rings is 1. The Morgan fingerprint density at radius 3 is 2.49 bits per heavy atom. The van der Waals surface area contributed by atoms with E-state index in [1.807, 2.05) is 13.8 Å². The Morgan fingerprint density at radius 1 is 1.17 bits per heavy atom. The number of aliphatic hydroxyl groups excluding tert-OH is 1. The highest BCUT2D eigenvalue weighted by molar-refractivity contribution is 6.35. The number of aromatic nitrogens is 1. The highest BCUT2D eigenvalue weighted by Crippen LogP contribution is 2.48. The van der Waals surface area contributed by atoms with Crippen LogP contribution in [0.15, 0.2) is 12.1 Å². The van der Waals surface area contributed by atoms with E-state index in [0.717, 1.165) is 12.1 Å². The van der Waals surface area contributed by atoms with E-state index in [4.69, 9.17) is 21.1 Å². The second kappa shape index (κ2) is 10.2. The predicted octanol–water partition coefficient (Wildman–Crippen LogP) is 4.19. The molecule has 0 saturated carbocycles. The molecule has 2 N–H and O–H groups in total. The van der Waals surface area contributed by atoms with E-state index >= 15 is 4.39 Å². The van der Waals surface area contributed by atoms with Crippen molar-refractivity contribution >= 4 is 29.4 Å². The number of phenols is 1. The van der Waals surface area contributed by atoms with Crippen molar-refractivity contribution in [3.63, 3.8) is 0 Å². The van der Waals surface area contributed by atoms with Crippen LogP contribution in [0.3, 0.4) is 0 Å². The summed E-state index contributed by atoms with van der Waals surface area (Å²) in [5.74, 6) is -3.56. The molecule has 13 heteroatoms.